The first-order valence-electron chi connectivity index (χ1n) is 4.96. The first-order valence-corrected chi connectivity index (χ1v) is 4.96. The molecule has 0 unspecified atom stereocenters. The van der Waals surface area contributed by atoms with Crippen molar-refractivity contribution in [3.63, 3.8) is 0 Å². The molecule has 3 nitrogen and oxygen atoms in total. The van der Waals surface area contributed by atoms with Crippen molar-refractivity contribution in [1.29, 1.82) is 0 Å². The Labute approximate surface area is 81.1 Å². The first-order chi connectivity index (χ1) is 6.20. The maximum atomic E-state index is 10.8. The molecule has 0 radical (unpaired) electrons. The average Bonchev–Trinajstić information content (AvgIpc) is 2.12. The van der Waals surface area contributed by atoms with Crippen LogP contribution in [-0.2, 0) is 9.53 Å². The van der Waals surface area contributed by atoms with Gasteiger partial charge in [-0.1, -0.05) is 26.2 Å². The van der Waals surface area contributed by atoms with Gasteiger partial charge in [0.1, 0.15) is 0 Å². The number of unbranched alkanes of at least 4 members (excludes halogenated alkanes) is 3. The van der Waals surface area contributed by atoms with Crippen LogP contribution in [0.1, 0.15) is 32.6 Å². The van der Waals surface area contributed by atoms with Crippen molar-refractivity contribution in [3.8, 4) is 0 Å². The molecular formula is C10H21NO2. The third-order valence-electron chi connectivity index (χ3n) is 2.02. The fourth-order valence-corrected chi connectivity index (χ4v) is 1.17. The van der Waals surface area contributed by atoms with Crippen molar-refractivity contribution >= 4 is 5.97 Å². The zero-order chi connectivity index (χ0) is 10.1. The van der Waals surface area contributed by atoms with E-state index in [1.54, 1.807) is 0 Å². The molecule has 13 heavy (non-hydrogen) atoms. The lowest BCUT2D eigenvalue weighted by Crippen LogP contribution is -2.27. The van der Waals surface area contributed by atoms with Gasteiger partial charge in [0.2, 0.25) is 0 Å². The number of hydrogen-bond acceptors (Lipinski definition) is 3. The number of esters is 1. The molecule has 0 spiro atoms. The number of carbonyl (C=O) groups excluding carboxylic acids is 1. The Hall–Kier alpha value is -0.570. The van der Waals surface area contributed by atoms with E-state index in [-0.39, 0.29) is 5.97 Å². The molecule has 0 atom stereocenters. The monoisotopic (exact) mass is 187 g/mol. The number of methoxy groups -OCH3 is 1. The number of carbonyl (C=O) groups is 1. The Morgan fingerprint density at radius 2 is 2.00 bits per heavy atom. The fraction of sp³-hybridized carbons (Fsp3) is 0.900. The molecule has 0 heterocycles. The lowest BCUT2D eigenvalue weighted by atomic mass is 10.2. The zero-order valence-corrected chi connectivity index (χ0v) is 9.01. The Morgan fingerprint density at radius 1 is 1.31 bits per heavy atom. The Morgan fingerprint density at radius 3 is 2.54 bits per heavy atom. The van der Waals surface area contributed by atoms with Gasteiger partial charge in [0.25, 0.3) is 0 Å². The van der Waals surface area contributed by atoms with Crippen molar-refractivity contribution in [3.05, 3.63) is 0 Å². The van der Waals surface area contributed by atoms with Gasteiger partial charge < -0.3 is 4.74 Å². The quantitative estimate of drug-likeness (QED) is 0.448. The first kappa shape index (κ1) is 12.4. The molecular weight excluding hydrogens is 166 g/mol. The summed E-state index contributed by atoms with van der Waals surface area (Å²) < 4.78 is 4.57. The van der Waals surface area contributed by atoms with Crippen molar-refractivity contribution in [2.75, 3.05) is 27.2 Å². The highest BCUT2D eigenvalue weighted by atomic mass is 16.5. The van der Waals surface area contributed by atoms with Gasteiger partial charge in [0, 0.05) is 0 Å². The van der Waals surface area contributed by atoms with Crippen LogP contribution < -0.4 is 0 Å². The van der Waals surface area contributed by atoms with Crippen LogP contribution in [0.2, 0.25) is 0 Å². The molecule has 0 aromatic rings. The number of ether oxygens (including phenoxy) is 1. The summed E-state index contributed by atoms with van der Waals surface area (Å²) in [6.07, 6.45) is 4.95. The minimum absolute atomic E-state index is 0.155. The van der Waals surface area contributed by atoms with Crippen LogP contribution in [0.25, 0.3) is 0 Å². The van der Waals surface area contributed by atoms with Gasteiger partial charge >= 0.3 is 5.97 Å². The second kappa shape index (κ2) is 8.05. The second-order valence-corrected chi connectivity index (χ2v) is 3.37. The molecule has 0 aliphatic carbocycles. The summed E-state index contributed by atoms with van der Waals surface area (Å²) in [6.45, 7) is 3.58. The summed E-state index contributed by atoms with van der Waals surface area (Å²) in [5, 5.41) is 0. The van der Waals surface area contributed by atoms with E-state index < -0.39 is 0 Å². The van der Waals surface area contributed by atoms with Gasteiger partial charge in [-0.25, -0.2) is 0 Å². The number of nitrogens with zero attached hydrogens (tertiary/aromatic N) is 1. The molecule has 3 heteroatoms. The third-order valence-corrected chi connectivity index (χ3v) is 2.02. The zero-order valence-electron chi connectivity index (χ0n) is 9.01. The summed E-state index contributed by atoms with van der Waals surface area (Å²) in [5.74, 6) is -0.155. The molecule has 0 aliphatic heterocycles. The molecule has 78 valence electrons. The highest BCUT2D eigenvalue weighted by Crippen LogP contribution is 1.99. The molecule has 0 amide bonds. The molecule has 0 aliphatic rings. The topological polar surface area (TPSA) is 29.5 Å². The van der Waals surface area contributed by atoms with Gasteiger partial charge in [-0.15, -0.1) is 0 Å². The van der Waals surface area contributed by atoms with Crippen LogP contribution in [0, 0.1) is 0 Å². The van der Waals surface area contributed by atoms with Crippen molar-refractivity contribution in [2.24, 2.45) is 0 Å². The van der Waals surface area contributed by atoms with E-state index >= 15 is 0 Å². The molecule has 0 N–H and O–H groups in total. The van der Waals surface area contributed by atoms with E-state index in [0.29, 0.717) is 6.54 Å². The number of rotatable bonds is 7. The lowest BCUT2D eigenvalue weighted by Gasteiger charge is -2.14. The van der Waals surface area contributed by atoms with Crippen LogP contribution in [0.4, 0.5) is 0 Å². The van der Waals surface area contributed by atoms with Crippen LogP contribution in [0.15, 0.2) is 0 Å². The molecule has 0 saturated heterocycles. The van der Waals surface area contributed by atoms with E-state index in [2.05, 4.69) is 11.7 Å². The molecule has 0 bridgehead atoms. The molecule has 0 aromatic heterocycles. The van der Waals surface area contributed by atoms with Gasteiger partial charge in [0.15, 0.2) is 0 Å². The van der Waals surface area contributed by atoms with Gasteiger partial charge in [-0.2, -0.15) is 0 Å². The molecule has 0 aromatic carbocycles. The van der Waals surface area contributed by atoms with Crippen molar-refractivity contribution in [2.45, 2.75) is 32.6 Å². The van der Waals surface area contributed by atoms with Crippen LogP contribution in [-0.4, -0.2) is 38.1 Å². The molecule has 0 saturated carbocycles. The summed E-state index contributed by atoms with van der Waals surface area (Å²) in [4.78, 5) is 12.8. The van der Waals surface area contributed by atoms with E-state index in [0.717, 1.165) is 6.54 Å². The van der Waals surface area contributed by atoms with Gasteiger partial charge in [0.05, 0.1) is 13.7 Å². The maximum absolute atomic E-state index is 10.8. The van der Waals surface area contributed by atoms with E-state index in [1.165, 1.54) is 32.8 Å². The molecule has 0 fully saturated rings. The Bertz CT molecular complexity index is 137. The minimum atomic E-state index is -0.155. The third kappa shape index (κ3) is 7.78. The van der Waals surface area contributed by atoms with E-state index in [9.17, 15) is 4.79 Å². The van der Waals surface area contributed by atoms with Gasteiger partial charge in [-0.05, 0) is 20.0 Å². The maximum Gasteiger partial charge on any atom is 0.319 e. The number of likely N-dealkylation sites (N-methyl/N-ethyl adjacent to an activating group) is 1. The fourth-order valence-electron chi connectivity index (χ4n) is 1.17. The summed E-state index contributed by atoms with van der Waals surface area (Å²) in [5.41, 5.74) is 0. The standard InChI is InChI=1S/C10H21NO2/c1-4-5-6-7-8-11(2)9-10(12)13-3/h4-9H2,1-3H3. The van der Waals surface area contributed by atoms with Gasteiger partial charge in [-0.3, -0.25) is 9.69 Å². The highest BCUT2D eigenvalue weighted by molar-refractivity contribution is 5.71. The summed E-state index contributed by atoms with van der Waals surface area (Å²) in [7, 11) is 3.37. The lowest BCUT2D eigenvalue weighted by molar-refractivity contribution is -0.141. The SMILES string of the molecule is CCCCCCN(C)CC(=O)OC. The average molecular weight is 187 g/mol. The van der Waals surface area contributed by atoms with Crippen LogP contribution in [0.3, 0.4) is 0 Å². The number of hydrogen-bond donors (Lipinski definition) is 0. The largest absolute Gasteiger partial charge is 0.468 e. The van der Waals surface area contributed by atoms with Crippen LogP contribution in [0.5, 0.6) is 0 Å². The Kier molecular flexibility index (Phi) is 7.69. The summed E-state index contributed by atoms with van der Waals surface area (Å²) in [6, 6.07) is 0. The predicted octanol–water partition coefficient (Wildman–Crippen LogP) is 1.67. The van der Waals surface area contributed by atoms with E-state index in [4.69, 9.17) is 0 Å². The minimum Gasteiger partial charge on any atom is -0.468 e. The van der Waals surface area contributed by atoms with E-state index in [1.807, 2.05) is 11.9 Å². The van der Waals surface area contributed by atoms with Crippen molar-refractivity contribution < 1.29 is 9.53 Å². The Balaban J connectivity index is 3.29. The predicted molar refractivity (Wildman–Crippen MR) is 53.7 cm³/mol. The van der Waals surface area contributed by atoms with Crippen molar-refractivity contribution in [1.82, 2.24) is 4.90 Å². The van der Waals surface area contributed by atoms with Crippen LogP contribution >= 0.6 is 0 Å². The molecule has 0 rings (SSSR count). The smallest absolute Gasteiger partial charge is 0.319 e. The highest BCUT2D eigenvalue weighted by Gasteiger charge is 2.04. The normalized spacial score (nSPS) is 10.5. The second-order valence-electron chi connectivity index (χ2n) is 3.37. The summed E-state index contributed by atoms with van der Waals surface area (Å²) >= 11 is 0.